The molecule has 46 valence electrons. The predicted molar refractivity (Wildman–Crippen MR) is 23.0 cm³/mol. The van der Waals surface area contributed by atoms with Crippen LogP contribution < -0.4 is 59.1 Å². The Morgan fingerprint density at radius 1 is 1.56 bits per heavy atom. The van der Waals surface area contributed by atoms with Crippen molar-refractivity contribution in [2.45, 2.75) is 6.10 Å². The van der Waals surface area contributed by atoms with Gasteiger partial charge in [-0.1, -0.05) is 0 Å². The van der Waals surface area contributed by atoms with Gasteiger partial charge in [-0.15, -0.1) is 0 Å². The van der Waals surface area contributed by atoms with E-state index in [1.54, 1.807) is 0 Å². The molecule has 0 aliphatic heterocycles. The van der Waals surface area contributed by atoms with Crippen molar-refractivity contribution in [2.24, 2.45) is 0 Å². The molecule has 0 amide bonds. The summed E-state index contributed by atoms with van der Waals surface area (Å²) >= 11 is 0. The predicted octanol–water partition coefficient (Wildman–Crippen LogP) is -7.34. The van der Waals surface area contributed by atoms with Crippen LogP contribution in [0.3, 0.4) is 0 Å². The molecule has 0 aliphatic carbocycles. The third-order valence-electron chi connectivity index (χ3n) is 0.458. The number of carbonyl (C=O) groups is 1. The number of rotatable bonds is 2. The topological polar surface area (TPSA) is 77.8 Å². The second-order valence-electron chi connectivity index (χ2n) is 1.04. The van der Waals surface area contributed by atoms with Crippen molar-refractivity contribution in [3.05, 3.63) is 0 Å². The maximum Gasteiger partial charge on any atom is 1.00 e. The Bertz CT molecular complexity index is 83.7. The molecule has 0 aromatic carbocycles. The SMILES string of the molecule is O=C(O)C(O)CO.[H-].[H-].[Na+].[Na+]. The first-order valence-corrected chi connectivity index (χ1v) is 1.70. The Morgan fingerprint density at radius 2 is 1.89 bits per heavy atom. The van der Waals surface area contributed by atoms with E-state index in [0.29, 0.717) is 0 Å². The molecule has 0 aromatic heterocycles. The van der Waals surface area contributed by atoms with Crippen molar-refractivity contribution >= 4 is 5.97 Å². The third kappa shape index (κ3) is 9.39. The number of aliphatic carboxylic acids is 1. The van der Waals surface area contributed by atoms with Crippen LogP contribution in [-0.2, 0) is 4.79 Å². The van der Waals surface area contributed by atoms with Crippen molar-refractivity contribution in [3.8, 4) is 0 Å². The molecule has 0 radical (unpaired) electrons. The van der Waals surface area contributed by atoms with Crippen molar-refractivity contribution in [3.63, 3.8) is 0 Å². The van der Waals surface area contributed by atoms with Gasteiger partial charge < -0.3 is 18.2 Å². The molecule has 0 aliphatic rings. The minimum atomic E-state index is -1.63. The zero-order valence-corrected chi connectivity index (χ0v) is 9.53. The molecular weight excluding hydrogens is 146 g/mol. The summed E-state index contributed by atoms with van der Waals surface area (Å²) in [7, 11) is 0. The Labute approximate surface area is 99.8 Å². The van der Waals surface area contributed by atoms with E-state index in [2.05, 4.69) is 0 Å². The van der Waals surface area contributed by atoms with Gasteiger partial charge in [-0.25, -0.2) is 4.79 Å². The van der Waals surface area contributed by atoms with Crippen LogP contribution in [0.1, 0.15) is 2.85 Å². The average Bonchev–Trinajstić information content (AvgIpc) is 1.65. The second kappa shape index (κ2) is 9.39. The molecule has 3 N–H and O–H groups in total. The number of carboxylic acid groups (broad SMARTS) is 1. The fourth-order valence-corrected chi connectivity index (χ4v) is 0.0781. The minimum absolute atomic E-state index is 0. The number of hydrogen-bond donors (Lipinski definition) is 3. The molecule has 0 spiro atoms. The minimum Gasteiger partial charge on any atom is -1.00 e. The molecule has 0 aromatic rings. The van der Waals surface area contributed by atoms with E-state index in [0.717, 1.165) is 0 Å². The summed E-state index contributed by atoms with van der Waals surface area (Å²) in [6.07, 6.45) is -1.63. The van der Waals surface area contributed by atoms with Gasteiger partial charge in [-0.3, -0.25) is 0 Å². The van der Waals surface area contributed by atoms with Gasteiger partial charge in [0.2, 0.25) is 0 Å². The van der Waals surface area contributed by atoms with Gasteiger partial charge in [0.15, 0.2) is 6.10 Å². The molecule has 6 heteroatoms. The van der Waals surface area contributed by atoms with E-state index in [4.69, 9.17) is 15.3 Å². The quantitative estimate of drug-likeness (QED) is 0.345. The van der Waals surface area contributed by atoms with Crippen LogP contribution in [0.4, 0.5) is 0 Å². The molecule has 1 unspecified atom stereocenters. The first-order chi connectivity index (χ1) is 3.18. The molecular formula is C3H8Na2O4. The van der Waals surface area contributed by atoms with Gasteiger partial charge in [0, 0.05) is 0 Å². The summed E-state index contributed by atoms with van der Waals surface area (Å²) in [4.78, 5) is 9.52. The zero-order chi connectivity index (χ0) is 5.86. The largest absolute Gasteiger partial charge is 1.00 e. The molecule has 0 saturated carbocycles. The first kappa shape index (κ1) is 16.8. The van der Waals surface area contributed by atoms with Crippen molar-refractivity contribution < 1.29 is 82.1 Å². The van der Waals surface area contributed by atoms with Gasteiger partial charge in [0.25, 0.3) is 0 Å². The van der Waals surface area contributed by atoms with Gasteiger partial charge in [-0.05, 0) is 0 Å². The summed E-state index contributed by atoms with van der Waals surface area (Å²) < 4.78 is 0. The molecule has 9 heavy (non-hydrogen) atoms. The van der Waals surface area contributed by atoms with Crippen molar-refractivity contribution in [1.29, 1.82) is 0 Å². The van der Waals surface area contributed by atoms with Crippen LogP contribution in [0.15, 0.2) is 0 Å². The molecule has 0 bridgehead atoms. The van der Waals surface area contributed by atoms with E-state index < -0.39 is 18.7 Å². The Balaban J connectivity index is -0.0000000300. The zero-order valence-electron chi connectivity index (χ0n) is 7.53. The van der Waals surface area contributed by atoms with Gasteiger partial charge in [0.05, 0.1) is 6.61 Å². The van der Waals surface area contributed by atoms with E-state index in [1.807, 2.05) is 0 Å². The fourth-order valence-electron chi connectivity index (χ4n) is 0.0781. The number of aliphatic hydroxyl groups excluding tert-OH is 2. The fraction of sp³-hybridized carbons (Fsp3) is 0.667. The Kier molecular flexibility index (Phi) is 17.5. The monoisotopic (exact) mass is 154 g/mol. The standard InChI is InChI=1S/C3H6O4.2Na.2H/c4-1-2(5)3(6)7;;;;/h2,4-5H,1H2,(H,6,7);;;;/q;2*+1;2*-1. The maximum absolute atomic E-state index is 9.52. The molecule has 1 atom stereocenters. The number of aliphatic hydroxyl groups is 2. The third-order valence-corrected chi connectivity index (χ3v) is 0.458. The van der Waals surface area contributed by atoms with E-state index in [9.17, 15) is 4.79 Å². The summed E-state index contributed by atoms with van der Waals surface area (Å²) in [5.41, 5.74) is 0. The summed E-state index contributed by atoms with van der Waals surface area (Å²) in [6.45, 7) is -0.727. The molecule has 0 rings (SSSR count). The van der Waals surface area contributed by atoms with Crippen molar-refractivity contribution in [1.82, 2.24) is 0 Å². The van der Waals surface area contributed by atoms with Crippen LogP contribution >= 0.6 is 0 Å². The number of hydrogen-bond acceptors (Lipinski definition) is 3. The summed E-state index contributed by atoms with van der Waals surface area (Å²) in [5, 5.41) is 23.7. The summed E-state index contributed by atoms with van der Waals surface area (Å²) in [6, 6.07) is 0. The van der Waals surface area contributed by atoms with Crippen LogP contribution in [0, 0.1) is 0 Å². The van der Waals surface area contributed by atoms with Crippen LogP contribution in [0.25, 0.3) is 0 Å². The van der Waals surface area contributed by atoms with Crippen LogP contribution in [-0.4, -0.2) is 34.0 Å². The molecule has 4 nitrogen and oxygen atoms in total. The Hall–Kier alpha value is 1.39. The average molecular weight is 154 g/mol. The molecule has 0 fully saturated rings. The normalized spacial score (nSPS) is 10.4. The maximum atomic E-state index is 9.52. The molecule has 0 saturated heterocycles. The molecule has 0 heterocycles. The van der Waals surface area contributed by atoms with Crippen LogP contribution in [0.5, 0.6) is 0 Å². The second-order valence-corrected chi connectivity index (χ2v) is 1.04. The summed E-state index contributed by atoms with van der Waals surface area (Å²) in [5.74, 6) is -1.40. The van der Waals surface area contributed by atoms with Gasteiger partial charge in [0.1, 0.15) is 0 Å². The Morgan fingerprint density at radius 3 is 1.89 bits per heavy atom. The van der Waals surface area contributed by atoms with Crippen LogP contribution in [0.2, 0.25) is 0 Å². The van der Waals surface area contributed by atoms with E-state index in [1.165, 1.54) is 0 Å². The van der Waals surface area contributed by atoms with Gasteiger partial charge >= 0.3 is 65.1 Å². The number of carboxylic acids is 1. The van der Waals surface area contributed by atoms with Gasteiger partial charge in [-0.2, -0.15) is 0 Å². The van der Waals surface area contributed by atoms with E-state index >= 15 is 0 Å². The smallest absolute Gasteiger partial charge is 1.00 e. The first-order valence-electron chi connectivity index (χ1n) is 1.70. The van der Waals surface area contributed by atoms with Crippen molar-refractivity contribution in [2.75, 3.05) is 6.61 Å². The van der Waals surface area contributed by atoms with E-state index in [-0.39, 0.29) is 62.0 Å².